The van der Waals surface area contributed by atoms with Gasteiger partial charge in [0.05, 0.1) is 19.3 Å². The van der Waals surface area contributed by atoms with Crippen LogP contribution in [0.1, 0.15) is 19.4 Å². The standard InChI is InChI=1S/C28H23FN4O5/c1-17-22(27(35)32(11-12-38-18(2)34)28(36)23(17)15-30)13-20-16-33(21-7-5-4-6-8-21)31-26(20)19-9-10-25(37-3)24(29)14-19/h4-10,13-14,16H,11-12H2,1-3H3/b22-13+. The van der Waals surface area contributed by atoms with Gasteiger partial charge in [-0.25, -0.2) is 9.07 Å². The van der Waals surface area contributed by atoms with Crippen LogP contribution in [0.3, 0.4) is 0 Å². The van der Waals surface area contributed by atoms with Gasteiger partial charge in [0, 0.05) is 29.8 Å². The SMILES string of the molecule is COc1ccc(-c2nn(-c3ccccc3)cc2/C=C2/C(=O)N(CCOC(C)=O)C(=O)C(C#N)=C2C)cc1F. The summed E-state index contributed by atoms with van der Waals surface area (Å²) >= 11 is 0. The summed E-state index contributed by atoms with van der Waals surface area (Å²) in [5.74, 6) is -2.50. The molecule has 4 rings (SSSR count). The Morgan fingerprint density at radius 3 is 2.53 bits per heavy atom. The number of nitrogens with zero attached hydrogens (tertiary/aromatic N) is 4. The molecular weight excluding hydrogens is 491 g/mol. The number of hydrogen-bond donors (Lipinski definition) is 0. The molecule has 0 radical (unpaired) electrons. The van der Waals surface area contributed by atoms with Gasteiger partial charge in [0.1, 0.15) is 23.9 Å². The number of rotatable bonds is 7. The fourth-order valence-corrected chi connectivity index (χ4v) is 4.01. The Morgan fingerprint density at radius 1 is 1.16 bits per heavy atom. The monoisotopic (exact) mass is 514 g/mol. The third-order valence-electron chi connectivity index (χ3n) is 5.93. The molecule has 1 aliphatic heterocycles. The van der Waals surface area contributed by atoms with Gasteiger partial charge < -0.3 is 9.47 Å². The van der Waals surface area contributed by atoms with Crippen molar-refractivity contribution in [1.82, 2.24) is 14.7 Å². The van der Waals surface area contributed by atoms with Crippen molar-refractivity contribution in [3.05, 3.63) is 82.8 Å². The van der Waals surface area contributed by atoms with Crippen LogP contribution in [-0.4, -0.2) is 52.7 Å². The summed E-state index contributed by atoms with van der Waals surface area (Å²) in [6.07, 6.45) is 3.19. The molecule has 0 saturated carbocycles. The number of carbonyl (C=O) groups excluding carboxylic acids is 3. The summed E-state index contributed by atoms with van der Waals surface area (Å²) < 4.78 is 26.1. The first-order valence-electron chi connectivity index (χ1n) is 11.6. The number of ether oxygens (including phenoxy) is 2. The molecule has 1 aromatic heterocycles. The Balaban J connectivity index is 1.86. The van der Waals surface area contributed by atoms with E-state index in [-0.39, 0.29) is 35.6 Å². The number of nitriles is 1. The van der Waals surface area contributed by atoms with E-state index in [9.17, 15) is 24.0 Å². The number of halogens is 1. The van der Waals surface area contributed by atoms with E-state index >= 15 is 0 Å². The van der Waals surface area contributed by atoms with Gasteiger partial charge in [0.2, 0.25) is 0 Å². The molecule has 3 aromatic rings. The summed E-state index contributed by atoms with van der Waals surface area (Å²) in [7, 11) is 1.36. The zero-order valence-corrected chi connectivity index (χ0v) is 20.9. The van der Waals surface area contributed by atoms with Crippen LogP contribution in [-0.2, 0) is 19.1 Å². The number of aromatic nitrogens is 2. The predicted molar refractivity (Wildman–Crippen MR) is 135 cm³/mol. The highest BCUT2D eigenvalue weighted by atomic mass is 19.1. The van der Waals surface area contributed by atoms with E-state index in [0.717, 1.165) is 10.6 Å². The van der Waals surface area contributed by atoms with Gasteiger partial charge in [-0.15, -0.1) is 0 Å². The molecule has 2 amide bonds. The third kappa shape index (κ3) is 5.08. The highest BCUT2D eigenvalue weighted by Crippen LogP contribution is 2.32. The normalized spacial score (nSPS) is 14.6. The fourth-order valence-electron chi connectivity index (χ4n) is 4.01. The summed E-state index contributed by atoms with van der Waals surface area (Å²) in [5, 5.41) is 14.3. The molecule has 0 unspecified atom stereocenters. The van der Waals surface area contributed by atoms with Crippen LogP contribution in [0.4, 0.5) is 4.39 Å². The van der Waals surface area contributed by atoms with Crippen LogP contribution in [0.2, 0.25) is 0 Å². The predicted octanol–water partition coefficient (Wildman–Crippen LogP) is 3.84. The van der Waals surface area contributed by atoms with Gasteiger partial charge in [-0.05, 0) is 48.9 Å². The Bertz CT molecular complexity index is 1530. The van der Waals surface area contributed by atoms with Gasteiger partial charge in [-0.1, -0.05) is 18.2 Å². The first-order valence-corrected chi connectivity index (χ1v) is 11.6. The van der Waals surface area contributed by atoms with Crippen molar-refractivity contribution < 1.29 is 28.2 Å². The smallest absolute Gasteiger partial charge is 0.302 e. The van der Waals surface area contributed by atoms with Crippen molar-refractivity contribution in [3.8, 4) is 28.8 Å². The lowest BCUT2D eigenvalue weighted by Crippen LogP contribution is -2.44. The van der Waals surface area contributed by atoms with Gasteiger partial charge in [-0.3, -0.25) is 19.3 Å². The minimum absolute atomic E-state index is 0.0676. The number of methoxy groups -OCH3 is 1. The molecule has 0 aliphatic carbocycles. The molecule has 2 heterocycles. The second-order valence-electron chi connectivity index (χ2n) is 8.33. The quantitative estimate of drug-likeness (QED) is 0.267. The highest BCUT2D eigenvalue weighted by Gasteiger charge is 2.35. The van der Waals surface area contributed by atoms with Gasteiger partial charge >= 0.3 is 5.97 Å². The minimum atomic E-state index is -0.767. The van der Waals surface area contributed by atoms with E-state index in [0.29, 0.717) is 16.8 Å². The Hall–Kier alpha value is -5.04. The summed E-state index contributed by atoms with van der Waals surface area (Å²) in [6, 6.07) is 15.5. The van der Waals surface area contributed by atoms with Crippen LogP contribution < -0.4 is 4.74 Å². The molecule has 192 valence electrons. The van der Waals surface area contributed by atoms with Crippen LogP contribution >= 0.6 is 0 Å². The second-order valence-corrected chi connectivity index (χ2v) is 8.33. The Labute approximate surface area is 218 Å². The molecule has 38 heavy (non-hydrogen) atoms. The summed E-state index contributed by atoms with van der Waals surface area (Å²) in [6.45, 7) is 2.30. The van der Waals surface area contributed by atoms with Crippen LogP contribution in [0, 0.1) is 17.1 Å². The second kappa shape index (κ2) is 10.9. The topological polar surface area (TPSA) is 115 Å². The Kier molecular flexibility index (Phi) is 7.48. The van der Waals surface area contributed by atoms with Crippen LogP contribution in [0.25, 0.3) is 23.0 Å². The van der Waals surface area contributed by atoms with Crippen molar-refractivity contribution >= 4 is 23.9 Å². The van der Waals surface area contributed by atoms with Crippen molar-refractivity contribution in [2.24, 2.45) is 0 Å². The van der Waals surface area contributed by atoms with E-state index in [1.54, 1.807) is 16.9 Å². The van der Waals surface area contributed by atoms with Gasteiger partial charge in [0.25, 0.3) is 11.8 Å². The summed E-state index contributed by atoms with van der Waals surface area (Å²) in [5.41, 5.74) is 2.06. The van der Waals surface area contributed by atoms with Gasteiger partial charge in [0.15, 0.2) is 11.6 Å². The minimum Gasteiger partial charge on any atom is -0.494 e. The lowest BCUT2D eigenvalue weighted by atomic mass is 9.93. The van der Waals surface area contributed by atoms with Crippen molar-refractivity contribution in [2.45, 2.75) is 13.8 Å². The van der Waals surface area contributed by atoms with Crippen molar-refractivity contribution in [1.29, 1.82) is 5.26 Å². The zero-order valence-electron chi connectivity index (χ0n) is 20.9. The average Bonchev–Trinajstić information content (AvgIpc) is 3.33. The number of imide groups is 1. The molecule has 2 aromatic carbocycles. The number of para-hydroxylation sites is 1. The van der Waals surface area contributed by atoms with E-state index in [1.807, 2.05) is 36.4 Å². The molecule has 10 heteroatoms. The Morgan fingerprint density at radius 2 is 1.89 bits per heavy atom. The molecular formula is C28H23FN4O5. The van der Waals surface area contributed by atoms with E-state index in [1.165, 1.54) is 39.2 Å². The maximum absolute atomic E-state index is 14.6. The number of esters is 1. The molecule has 0 bridgehead atoms. The lowest BCUT2D eigenvalue weighted by molar-refractivity contribution is -0.147. The molecule has 1 aliphatic rings. The number of carbonyl (C=O) groups is 3. The van der Waals surface area contributed by atoms with Crippen LogP contribution in [0.15, 0.2) is 71.4 Å². The molecule has 0 fully saturated rings. The number of benzene rings is 2. The fraction of sp³-hybridized carbons (Fsp3) is 0.179. The van der Waals surface area contributed by atoms with E-state index < -0.39 is 23.6 Å². The number of amides is 2. The maximum Gasteiger partial charge on any atom is 0.302 e. The maximum atomic E-state index is 14.6. The van der Waals surface area contributed by atoms with Crippen molar-refractivity contribution in [2.75, 3.05) is 20.3 Å². The molecule has 0 N–H and O–H groups in total. The molecule has 0 atom stereocenters. The van der Waals surface area contributed by atoms with E-state index in [2.05, 4.69) is 5.10 Å². The first kappa shape index (κ1) is 26.0. The summed E-state index contributed by atoms with van der Waals surface area (Å²) in [4.78, 5) is 38.2. The van der Waals surface area contributed by atoms with E-state index in [4.69, 9.17) is 9.47 Å². The largest absolute Gasteiger partial charge is 0.494 e. The van der Waals surface area contributed by atoms with Crippen molar-refractivity contribution in [3.63, 3.8) is 0 Å². The van der Waals surface area contributed by atoms with Gasteiger partial charge in [-0.2, -0.15) is 10.4 Å². The molecule has 9 nitrogen and oxygen atoms in total. The molecule has 0 saturated heterocycles. The lowest BCUT2D eigenvalue weighted by Gasteiger charge is -2.27. The average molecular weight is 515 g/mol. The third-order valence-corrected chi connectivity index (χ3v) is 5.93. The highest BCUT2D eigenvalue weighted by molar-refractivity contribution is 6.19. The first-order chi connectivity index (χ1) is 18.2. The van der Waals surface area contributed by atoms with Crippen LogP contribution in [0.5, 0.6) is 5.75 Å². The zero-order chi connectivity index (χ0) is 27.4. The number of hydrogen-bond acceptors (Lipinski definition) is 7. The molecule has 0 spiro atoms.